The first-order valence-electron chi connectivity index (χ1n) is 8.81. The van der Waals surface area contributed by atoms with Crippen LogP contribution in [-0.2, 0) is 6.54 Å². The molecule has 1 aliphatic rings. The maximum atomic E-state index is 14.0. The normalized spacial score (nSPS) is 18.7. The Hall–Kier alpha value is -2.15. The number of amides is 2. The number of allylic oxidation sites excluding steroid dienone is 1. The number of aliphatic imine (C=N–C) groups is 1. The van der Waals surface area contributed by atoms with Gasteiger partial charge in [0.1, 0.15) is 11.6 Å². The number of thioether (sulfide) groups is 1. The van der Waals surface area contributed by atoms with Crippen molar-refractivity contribution in [3.05, 3.63) is 58.9 Å². The Morgan fingerprint density at radius 2 is 2.11 bits per heavy atom. The molecule has 1 aromatic carbocycles. The molecule has 4 nitrogen and oxygen atoms in total. The maximum Gasteiger partial charge on any atom is 0.324 e. The number of hydrogen-bond acceptors (Lipinski definition) is 3. The van der Waals surface area contributed by atoms with Gasteiger partial charge in [-0.1, -0.05) is 25.5 Å². The van der Waals surface area contributed by atoms with E-state index in [2.05, 4.69) is 11.9 Å². The molecule has 0 aliphatic carbocycles. The molecule has 1 aromatic rings. The third-order valence-corrected chi connectivity index (χ3v) is 5.01. The van der Waals surface area contributed by atoms with Gasteiger partial charge in [0, 0.05) is 36.1 Å². The zero-order valence-corrected chi connectivity index (χ0v) is 16.9. The van der Waals surface area contributed by atoms with Gasteiger partial charge in [0.2, 0.25) is 0 Å². The minimum atomic E-state index is -0.653. The van der Waals surface area contributed by atoms with Gasteiger partial charge in [-0.2, -0.15) is 0 Å². The van der Waals surface area contributed by atoms with Gasteiger partial charge in [-0.25, -0.2) is 13.6 Å². The van der Waals surface area contributed by atoms with Gasteiger partial charge in [-0.15, -0.1) is 11.8 Å². The second-order valence-electron chi connectivity index (χ2n) is 6.32. The molecule has 1 aliphatic heterocycles. The predicted molar refractivity (Wildman–Crippen MR) is 108 cm³/mol. The van der Waals surface area contributed by atoms with E-state index in [-0.39, 0.29) is 18.1 Å². The highest BCUT2D eigenvalue weighted by Gasteiger charge is 2.30. The average molecular weight is 394 g/mol. The number of rotatable bonds is 5. The van der Waals surface area contributed by atoms with Crippen LogP contribution in [0.3, 0.4) is 0 Å². The van der Waals surface area contributed by atoms with E-state index in [0.29, 0.717) is 6.54 Å². The quantitative estimate of drug-likeness (QED) is 0.510. The van der Waals surface area contributed by atoms with Crippen LogP contribution in [0.4, 0.5) is 13.6 Å². The zero-order chi connectivity index (χ0) is 20.0. The first kappa shape index (κ1) is 21.2. The molecule has 2 amide bonds. The molecule has 0 unspecified atom stereocenters. The van der Waals surface area contributed by atoms with Gasteiger partial charge in [-0.05, 0) is 25.7 Å². The molecule has 146 valence electrons. The Morgan fingerprint density at radius 1 is 1.37 bits per heavy atom. The number of unbranched alkanes of at least 4 members (excludes halogenated alkanes) is 1. The number of benzene rings is 1. The second kappa shape index (κ2) is 9.69. The minimum Gasteiger partial charge on any atom is -0.315 e. The van der Waals surface area contributed by atoms with E-state index in [4.69, 9.17) is 0 Å². The Labute approximate surface area is 163 Å². The van der Waals surface area contributed by atoms with Crippen LogP contribution in [0.15, 0.2) is 46.7 Å². The molecule has 2 rings (SSSR count). The van der Waals surface area contributed by atoms with Crippen molar-refractivity contribution in [2.24, 2.45) is 4.99 Å². The van der Waals surface area contributed by atoms with Gasteiger partial charge in [-0.3, -0.25) is 9.89 Å². The van der Waals surface area contributed by atoms with E-state index in [9.17, 15) is 13.6 Å². The molecule has 1 fully saturated rings. The van der Waals surface area contributed by atoms with Crippen LogP contribution in [0.25, 0.3) is 0 Å². The third kappa shape index (κ3) is 5.42. The Kier molecular flexibility index (Phi) is 7.59. The smallest absolute Gasteiger partial charge is 0.315 e. The molecule has 1 saturated heterocycles. The summed E-state index contributed by atoms with van der Waals surface area (Å²) in [7, 11) is 1.70. The highest BCUT2D eigenvalue weighted by molar-refractivity contribution is 8.13. The van der Waals surface area contributed by atoms with Crippen LogP contribution in [-0.4, -0.2) is 40.7 Å². The SMILES string of the molecule is CCC/C=C1/C(=C\N=C(C)SC)CN(Cc2ccc(F)cc2F)C(=O)N1C. The van der Waals surface area contributed by atoms with E-state index in [1.807, 2.05) is 19.3 Å². The summed E-state index contributed by atoms with van der Waals surface area (Å²) >= 11 is 1.55. The molecule has 7 heteroatoms. The lowest BCUT2D eigenvalue weighted by Crippen LogP contribution is -2.47. The Bertz CT molecular complexity index is 789. The predicted octanol–water partition coefficient (Wildman–Crippen LogP) is 5.18. The average Bonchev–Trinajstić information content (AvgIpc) is 2.65. The number of hydrogen-bond donors (Lipinski definition) is 0. The molecule has 0 N–H and O–H groups in total. The molecule has 0 aromatic heterocycles. The van der Waals surface area contributed by atoms with Crippen molar-refractivity contribution < 1.29 is 13.6 Å². The fraction of sp³-hybridized carbons (Fsp3) is 0.400. The van der Waals surface area contributed by atoms with E-state index < -0.39 is 11.6 Å². The van der Waals surface area contributed by atoms with E-state index in [1.54, 1.807) is 29.9 Å². The Balaban J connectivity index is 2.34. The van der Waals surface area contributed by atoms with Gasteiger partial charge in [0.15, 0.2) is 0 Å². The van der Waals surface area contributed by atoms with Crippen molar-refractivity contribution in [1.29, 1.82) is 0 Å². The molecular weight excluding hydrogens is 368 g/mol. The van der Waals surface area contributed by atoms with Crippen molar-refractivity contribution in [2.45, 2.75) is 33.2 Å². The minimum absolute atomic E-state index is 0.0684. The van der Waals surface area contributed by atoms with Crippen LogP contribution in [0, 0.1) is 11.6 Å². The highest BCUT2D eigenvalue weighted by atomic mass is 32.2. The number of likely N-dealkylation sites (N-methyl/N-ethyl adjacent to an activating group) is 1. The molecule has 0 atom stereocenters. The Morgan fingerprint density at radius 3 is 2.74 bits per heavy atom. The summed E-state index contributed by atoms with van der Waals surface area (Å²) in [5.74, 6) is -1.29. The summed E-state index contributed by atoms with van der Waals surface area (Å²) in [4.78, 5) is 20.3. The van der Waals surface area contributed by atoms with Crippen molar-refractivity contribution >= 4 is 22.8 Å². The topological polar surface area (TPSA) is 35.9 Å². The summed E-state index contributed by atoms with van der Waals surface area (Å²) in [6.07, 6.45) is 7.57. The van der Waals surface area contributed by atoms with Gasteiger partial charge in [0.25, 0.3) is 0 Å². The zero-order valence-electron chi connectivity index (χ0n) is 16.1. The van der Waals surface area contributed by atoms with Crippen molar-refractivity contribution in [2.75, 3.05) is 19.8 Å². The number of nitrogens with zero attached hydrogens (tertiary/aromatic N) is 3. The fourth-order valence-electron chi connectivity index (χ4n) is 2.74. The third-order valence-electron chi connectivity index (χ3n) is 4.31. The standard InChI is InChI=1S/C20H25F2N3OS/c1-5-6-7-19-16(11-23-14(2)27-4)13-25(20(26)24(19)3)12-15-8-9-17(21)10-18(15)22/h7-11H,5-6,12-13H2,1-4H3/b16-11-,19-7-,23-14?. The van der Waals surface area contributed by atoms with Gasteiger partial charge >= 0.3 is 6.03 Å². The monoisotopic (exact) mass is 393 g/mol. The van der Waals surface area contributed by atoms with E-state index in [1.165, 1.54) is 17.0 Å². The van der Waals surface area contributed by atoms with Crippen molar-refractivity contribution in [1.82, 2.24) is 9.80 Å². The van der Waals surface area contributed by atoms with Gasteiger partial charge in [0.05, 0.1) is 18.1 Å². The van der Waals surface area contributed by atoms with E-state index in [0.717, 1.165) is 35.2 Å². The van der Waals surface area contributed by atoms with Gasteiger partial charge < -0.3 is 4.90 Å². The van der Waals surface area contributed by atoms with Crippen LogP contribution < -0.4 is 0 Å². The molecule has 0 bridgehead atoms. The largest absolute Gasteiger partial charge is 0.324 e. The summed E-state index contributed by atoms with van der Waals surface area (Å²) in [5, 5.41) is 0.910. The molecule has 0 spiro atoms. The molecule has 0 radical (unpaired) electrons. The second-order valence-corrected chi connectivity index (χ2v) is 7.32. The summed E-state index contributed by atoms with van der Waals surface area (Å²) < 4.78 is 27.2. The summed E-state index contributed by atoms with van der Waals surface area (Å²) in [6.45, 7) is 4.38. The lowest BCUT2D eigenvalue weighted by molar-refractivity contribution is 0.165. The van der Waals surface area contributed by atoms with Crippen LogP contribution in [0.2, 0.25) is 0 Å². The van der Waals surface area contributed by atoms with Crippen LogP contribution in [0.5, 0.6) is 0 Å². The molecule has 1 heterocycles. The lowest BCUT2D eigenvalue weighted by Gasteiger charge is -2.37. The number of carbonyl (C=O) groups excluding carboxylic acids is 1. The van der Waals surface area contributed by atoms with E-state index >= 15 is 0 Å². The lowest BCUT2D eigenvalue weighted by atomic mass is 10.1. The molecule has 0 saturated carbocycles. The molecular formula is C20H25F2N3OS. The first-order chi connectivity index (χ1) is 12.9. The maximum absolute atomic E-state index is 14.0. The van der Waals surface area contributed by atoms with Crippen LogP contribution in [0.1, 0.15) is 32.3 Å². The number of carbonyl (C=O) groups is 1. The van der Waals surface area contributed by atoms with Crippen molar-refractivity contribution in [3.63, 3.8) is 0 Å². The number of urea groups is 1. The fourth-order valence-corrected chi connectivity index (χ4v) is 2.90. The summed E-state index contributed by atoms with van der Waals surface area (Å²) in [6, 6.07) is 3.19. The van der Waals surface area contributed by atoms with Crippen LogP contribution >= 0.6 is 11.8 Å². The first-order valence-corrected chi connectivity index (χ1v) is 10.0. The number of halogens is 2. The molecule has 27 heavy (non-hydrogen) atoms. The summed E-state index contributed by atoms with van der Waals surface area (Å²) in [5.41, 5.74) is 2.00. The van der Waals surface area contributed by atoms with Crippen molar-refractivity contribution in [3.8, 4) is 0 Å². The highest BCUT2D eigenvalue weighted by Crippen LogP contribution is 2.26.